The van der Waals surface area contributed by atoms with Gasteiger partial charge in [-0.25, -0.2) is 0 Å². The minimum atomic E-state index is 0.200. The van der Waals surface area contributed by atoms with Gasteiger partial charge in [0.1, 0.15) is 5.75 Å². The van der Waals surface area contributed by atoms with Crippen LogP contribution < -0.4 is 10.5 Å². The molecule has 1 unspecified atom stereocenters. The zero-order valence-corrected chi connectivity index (χ0v) is 13.7. The monoisotopic (exact) mass is 301 g/mol. The number of rotatable bonds is 6. The molecule has 2 aromatic rings. The van der Waals surface area contributed by atoms with Crippen molar-refractivity contribution in [1.82, 2.24) is 0 Å². The summed E-state index contributed by atoms with van der Waals surface area (Å²) < 4.78 is 5.45. The van der Waals surface area contributed by atoms with Gasteiger partial charge in [-0.3, -0.25) is 0 Å². The van der Waals surface area contributed by atoms with Gasteiger partial charge in [-0.1, -0.05) is 44.2 Å². The van der Waals surface area contributed by atoms with E-state index in [9.17, 15) is 0 Å². The zero-order valence-electron chi connectivity index (χ0n) is 12.9. The van der Waals surface area contributed by atoms with Crippen LogP contribution in [0.2, 0.25) is 0 Å². The van der Waals surface area contributed by atoms with E-state index in [1.165, 1.54) is 10.5 Å². The number of nitrogens with two attached hydrogens (primary N) is 1. The quantitative estimate of drug-likeness (QED) is 0.791. The Morgan fingerprint density at radius 2 is 1.71 bits per heavy atom. The average molecular weight is 301 g/mol. The van der Waals surface area contributed by atoms with Crippen LogP contribution in [0.25, 0.3) is 0 Å². The molecule has 0 amide bonds. The summed E-state index contributed by atoms with van der Waals surface area (Å²) >= 11 is 1.79. The van der Waals surface area contributed by atoms with Gasteiger partial charge >= 0.3 is 0 Å². The van der Waals surface area contributed by atoms with E-state index in [1.807, 2.05) is 18.2 Å². The Balaban J connectivity index is 2.19. The number of methoxy groups -OCH3 is 1. The van der Waals surface area contributed by atoms with Crippen molar-refractivity contribution in [3.8, 4) is 5.75 Å². The van der Waals surface area contributed by atoms with Crippen molar-refractivity contribution >= 4 is 11.8 Å². The molecule has 21 heavy (non-hydrogen) atoms. The van der Waals surface area contributed by atoms with Crippen LogP contribution in [0.5, 0.6) is 5.75 Å². The van der Waals surface area contributed by atoms with Gasteiger partial charge in [0.25, 0.3) is 0 Å². The largest absolute Gasteiger partial charge is 0.496 e. The van der Waals surface area contributed by atoms with Crippen LogP contribution in [0.1, 0.15) is 36.1 Å². The summed E-state index contributed by atoms with van der Waals surface area (Å²) in [5.74, 6) is 1.46. The molecule has 2 N–H and O–H groups in total. The van der Waals surface area contributed by atoms with E-state index in [-0.39, 0.29) is 5.25 Å². The molecule has 0 heterocycles. The van der Waals surface area contributed by atoms with Crippen LogP contribution >= 0.6 is 11.8 Å². The van der Waals surface area contributed by atoms with E-state index in [2.05, 4.69) is 44.2 Å². The standard InChI is InChI=1S/C18H23NOS/c1-13(2)14-8-10-15(11-9-14)21-18(12-19)16-6-4-5-7-17(16)20-3/h4-11,13,18H,12,19H2,1-3H3. The van der Waals surface area contributed by atoms with Crippen molar-refractivity contribution in [2.45, 2.75) is 29.9 Å². The topological polar surface area (TPSA) is 35.2 Å². The summed E-state index contributed by atoms with van der Waals surface area (Å²) in [7, 11) is 1.70. The molecule has 0 saturated carbocycles. The van der Waals surface area contributed by atoms with Crippen LogP contribution in [0.3, 0.4) is 0 Å². The second kappa shape index (κ2) is 7.53. The highest BCUT2D eigenvalue weighted by atomic mass is 32.2. The van der Waals surface area contributed by atoms with Gasteiger partial charge in [0.2, 0.25) is 0 Å². The molecule has 0 bridgehead atoms. The van der Waals surface area contributed by atoms with Gasteiger partial charge < -0.3 is 10.5 Å². The second-order valence-corrected chi connectivity index (χ2v) is 6.58. The minimum Gasteiger partial charge on any atom is -0.496 e. The summed E-state index contributed by atoms with van der Waals surface area (Å²) in [4.78, 5) is 1.24. The highest BCUT2D eigenvalue weighted by molar-refractivity contribution is 7.99. The molecule has 0 aromatic heterocycles. The molecular formula is C18H23NOS. The first kappa shape index (κ1) is 15.9. The Hall–Kier alpha value is -1.45. The lowest BCUT2D eigenvalue weighted by atomic mass is 10.0. The van der Waals surface area contributed by atoms with E-state index in [4.69, 9.17) is 10.5 Å². The molecule has 0 radical (unpaired) electrons. The van der Waals surface area contributed by atoms with E-state index in [0.29, 0.717) is 12.5 Å². The molecule has 0 spiro atoms. The van der Waals surface area contributed by atoms with Gasteiger partial charge in [0.15, 0.2) is 0 Å². The molecular weight excluding hydrogens is 278 g/mol. The van der Waals surface area contributed by atoms with E-state index in [1.54, 1.807) is 18.9 Å². The lowest BCUT2D eigenvalue weighted by Gasteiger charge is -2.18. The van der Waals surface area contributed by atoms with Crippen molar-refractivity contribution < 1.29 is 4.74 Å². The van der Waals surface area contributed by atoms with E-state index in [0.717, 1.165) is 11.3 Å². The molecule has 0 aliphatic carbocycles. The molecule has 0 aliphatic rings. The van der Waals surface area contributed by atoms with Gasteiger partial charge in [0.05, 0.1) is 12.4 Å². The Labute approximate surface area is 131 Å². The molecule has 2 aromatic carbocycles. The van der Waals surface area contributed by atoms with Crippen LogP contribution in [-0.4, -0.2) is 13.7 Å². The molecule has 2 rings (SSSR count). The fourth-order valence-electron chi connectivity index (χ4n) is 2.27. The van der Waals surface area contributed by atoms with E-state index < -0.39 is 0 Å². The number of benzene rings is 2. The third kappa shape index (κ3) is 4.02. The molecule has 3 heteroatoms. The lowest BCUT2D eigenvalue weighted by Crippen LogP contribution is -2.10. The van der Waals surface area contributed by atoms with E-state index >= 15 is 0 Å². The SMILES string of the molecule is COc1ccccc1C(CN)Sc1ccc(C(C)C)cc1. The zero-order chi connectivity index (χ0) is 15.2. The summed E-state index contributed by atoms with van der Waals surface area (Å²) in [6, 6.07) is 16.8. The van der Waals surface area contributed by atoms with Crippen LogP contribution in [0.15, 0.2) is 53.4 Å². The third-order valence-electron chi connectivity index (χ3n) is 3.52. The Kier molecular flexibility index (Phi) is 5.71. The van der Waals surface area contributed by atoms with Gasteiger partial charge in [-0.15, -0.1) is 11.8 Å². The van der Waals surface area contributed by atoms with Crippen molar-refractivity contribution in [2.24, 2.45) is 5.73 Å². The maximum absolute atomic E-state index is 5.98. The van der Waals surface area contributed by atoms with Crippen molar-refractivity contribution in [3.63, 3.8) is 0 Å². The number of ether oxygens (including phenoxy) is 1. The first-order valence-corrected chi connectivity index (χ1v) is 8.13. The minimum absolute atomic E-state index is 0.200. The second-order valence-electron chi connectivity index (χ2n) is 5.31. The summed E-state index contributed by atoms with van der Waals surface area (Å²) in [5, 5.41) is 0.200. The number of hydrogen-bond acceptors (Lipinski definition) is 3. The normalized spacial score (nSPS) is 12.4. The molecule has 112 valence electrons. The van der Waals surface area contributed by atoms with Crippen molar-refractivity contribution in [2.75, 3.05) is 13.7 Å². The van der Waals surface area contributed by atoms with Crippen LogP contribution in [0, 0.1) is 0 Å². The van der Waals surface area contributed by atoms with Gasteiger partial charge in [0, 0.05) is 17.0 Å². The summed E-state index contributed by atoms with van der Waals surface area (Å²) in [5.41, 5.74) is 8.49. The van der Waals surface area contributed by atoms with Crippen LogP contribution in [0.4, 0.5) is 0 Å². The Bertz CT molecular complexity index is 566. The van der Waals surface area contributed by atoms with Crippen molar-refractivity contribution in [1.29, 1.82) is 0 Å². The van der Waals surface area contributed by atoms with Crippen molar-refractivity contribution in [3.05, 3.63) is 59.7 Å². The first-order chi connectivity index (χ1) is 10.2. The molecule has 0 aliphatic heterocycles. The first-order valence-electron chi connectivity index (χ1n) is 7.25. The number of para-hydroxylation sites is 1. The van der Waals surface area contributed by atoms with Gasteiger partial charge in [-0.05, 0) is 29.7 Å². The predicted octanol–water partition coefficient (Wildman–Crippen LogP) is 4.61. The highest BCUT2D eigenvalue weighted by Crippen LogP contribution is 2.38. The van der Waals surface area contributed by atoms with Gasteiger partial charge in [-0.2, -0.15) is 0 Å². The smallest absolute Gasteiger partial charge is 0.123 e. The fraction of sp³-hybridized carbons (Fsp3) is 0.333. The molecule has 1 atom stereocenters. The molecule has 2 nitrogen and oxygen atoms in total. The molecule has 0 fully saturated rings. The third-order valence-corrected chi connectivity index (χ3v) is 4.80. The Morgan fingerprint density at radius 3 is 2.29 bits per heavy atom. The number of thioether (sulfide) groups is 1. The maximum atomic E-state index is 5.98. The average Bonchev–Trinajstić information content (AvgIpc) is 2.53. The molecule has 0 saturated heterocycles. The summed E-state index contributed by atoms with van der Waals surface area (Å²) in [6.07, 6.45) is 0. The summed E-state index contributed by atoms with van der Waals surface area (Å²) in [6.45, 7) is 5.00. The Morgan fingerprint density at radius 1 is 1.05 bits per heavy atom. The predicted molar refractivity (Wildman–Crippen MR) is 91.2 cm³/mol. The van der Waals surface area contributed by atoms with Crippen LogP contribution in [-0.2, 0) is 0 Å². The number of hydrogen-bond donors (Lipinski definition) is 1. The highest BCUT2D eigenvalue weighted by Gasteiger charge is 2.15. The maximum Gasteiger partial charge on any atom is 0.123 e. The fourth-order valence-corrected chi connectivity index (χ4v) is 3.31. The lowest BCUT2D eigenvalue weighted by molar-refractivity contribution is 0.409.